The second-order valence-electron chi connectivity index (χ2n) is 4.76. The molecule has 1 fully saturated rings. The topological polar surface area (TPSA) is 29.5 Å². The molecule has 0 radical (unpaired) electrons. The van der Waals surface area contributed by atoms with Crippen LogP contribution in [-0.4, -0.2) is 36.6 Å². The molecule has 0 aliphatic carbocycles. The molecule has 1 atom stereocenters. The summed E-state index contributed by atoms with van der Waals surface area (Å²) in [7, 11) is 0. The molecule has 1 rings (SSSR count). The molecule has 0 saturated carbocycles. The number of carbonyl (C=O) groups is 1. The Morgan fingerprint density at radius 1 is 1.20 bits per heavy atom. The van der Waals surface area contributed by atoms with E-state index in [-0.39, 0.29) is 12.0 Å². The highest BCUT2D eigenvalue weighted by molar-refractivity contribution is 5.80. The molecule has 0 bridgehead atoms. The molecule has 0 aromatic heterocycles. The summed E-state index contributed by atoms with van der Waals surface area (Å²) < 4.78 is 5.53. The second kappa shape index (κ2) is 6.11. The van der Waals surface area contributed by atoms with Crippen LogP contribution in [0.15, 0.2) is 0 Å². The van der Waals surface area contributed by atoms with Crippen molar-refractivity contribution in [3.63, 3.8) is 0 Å². The van der Waals surface area contributed by atoms with E-state index >= 15 is 0 Å². The summed E-state index contributed by atoms with van der Waals surface area (Å²) >= 11 is 0. The third-order valence-electron chi connectivity index (χ3n) is 2.70. The molecule has 3 nitrogen and oxygen atoms in total. The monoisotopic (exact) mass is 213 g/mol. The van der Waals surface area contributed by atoms with Gasteiger partial charge >= 0.3 is 0 Å². The highest BCUT2D eigenvalue weighted by Crippen LogP contribution is 2.11. The van der Waals surface area contributed by atoms with Crippen LogP contribution in [0.5, 0.6) is 0 Å². The Hall–Kier alpha value is -0.570. The van der Waals surface area contributed by atoms with E-state index in [2.05, 4.69) is 13.8 Å². The molecule has 0 N–H and O–H groups in total. The Bertz CT molecular complexity index is 198. The average molecular weight is 213 g/mol. The van der Waals surface area contributed by atoms with Gasteiger partial charge in [-0.3, -0.25) is 4.79 Å². The Kier molecular flexibility index (Phi) is 5.09. The highest BCUT2D eigenvalue weighted by Gasteiger charge is 2.22. The van der Waals surface area contributed by atoms with Crippen molar-refractivity contribution < 1.29 is 9.53 Å². The first-order valence-corrected chi connectivity index (χ1v) is 6.01. The number of nitrogens with zero attached hydrogens (tertiary/aromatic N) is 1. The van der Waals surface area contributed by atoms with Crippen molar-refractivity contribution in [3.8, 4) is 0 Å². The van der Waals surface area contributed by atoms with Crippen molar-refractivity contribution in [2.45, 2.75) is 46.1 Å². The van der Waals surface area contributed by atoms with Gasteiger partial charge in [-0.15, -0.1) is 0 Å². The Balaban J connectivity index is 2.30. The number of amides is 1. The number of likely N-dealkylation sites (tertiary alicyclic amines) is 1. The molecule has 0 spiro atoms. The first-order chi connectivity index (χ1) is 7.11. The van der Waals surface area contributed by atoms with Gasteiger partial charge in [0.2, 0.25) is 0 Å². The molecule has 15 heavy (non-hydrogen) atoms. The molecule has 1 amide bonds. The molecular formula is C12H23NO2. The number of ether oxygens (including phenoxy) is 1. The first-order valence-electron chi connectivity index (χ1n) is 6.01. The van der Waals surface area contributed by atoms with E-state index in [9.17, 15) is 4.79 Å². The minimum atomic E-state index is -0.273. The fourth-order valence-corrected chi connectivity index (χ4v) is 1.78. The van der Waals surface area contributed by atoms with Gasteiger partial charge in [0.05, 0.1) is 0 Å². The SMILES string of the molecule is CC(C)CO[C@@H](C)C(=O)N1CCCCC1. The second-order valence-corrected chi connectivity index (χ2v) is 4.76. The van der Waals surface area contributed by atoms with Crippen LogP contribution in [0.2, 0.25) is 0 Å². The summed E-state index contributed by atoms with van der Waals surface area (Å²) in [6.07, 6.45) is 3.27. The van der Waals surface area contributed by atoms with Gasteiger partial charge in [0.1, 0.15) is 6.10 Å². The van der Waals surface area contributed by atoms with Gasteiger partial charge in [-0.1, -0.05) is 13.8 Å². The standard InChI is InChI=1S/C12H23NO2/c1-10(2)9-15-11(3)12(14)13-7-5-4-6-8-13/h10-11H,4-9H2,1-3H3/t11-/m0/s1. The predicted molar refractivity (Wildman–Crippen MR) is 60.7 cm³/mol. The lowest BCUT2D eigenvalue weighted by Crippen LogP contribution is -2.42. The van der Waals surface area contributed by atoms with Crippen molar-refractivity contribution in [2.75, 3.05) is 19.7 Å². The molecule has 0 aromatic rings. The highest BCUT2D eigenvalue weighted by atomic mass is 16.5. The lowest BCUT2D eigenvalue weighted by molar-refractivity contribution is -0.144. The van der Waals surface area contributed by atoms with Crippen molar-refractivity contribution in [2.24, 2.45) is 5.92 Å². The predicted octanol–water partition coefficient (Wildman–Crippen LogP) is 2.06. The summed E-state index contributed by atoms with van der Waals surface area (Å²) in [4.78, 5) is 13.9. The fraction of sp³-hybridized carbons (Fsp3) is 0.917. The summed E-state index contributed by atoms with van der Waals surface area (Å²) in [5.41, 5.74) is 0. The molecule has 0 aromatic carbocycles. The van der Waals surface area contributed by atoms with E-state index in [1.165, 1.54) is 6.42 Å². The van der Waals surface area contributed by atoms with Crippen molar-refractivity contribution >= 4 is 5.91 Å². The molecular weight excluding hydrogens is 190 g/mol. The Morgan fingerprint density at radius 2 is 1.80 bits per heavy atom. The fourth-order valence-electron chi connectivity index (χ4n) is 1.78. The van der Waals surface area contributed by atoms with E-state index in [1.807, 2.05) is 11.8 Å². The van der Waals surface area contributed by atoms with E-state index in [0.29, 0.717) is 12.5 Å². The Labute approximate surface area is 92.8 Å². The zero-order chi connectivity index (χ0) is 11.3. The van der Waals surface area contributed by atoms with Gasteiger partial charge in [0, 0.05) is 19.7 Å². The van der Waals surface area contributed by atoms with Crippen LogP contribution >= 0.6 is 0 Å². The summed E-state index contributed by atoms with van der Waals surface area (Å²) in [6.45, 7) is 8.54. The van der Waals surface area contributed by atoms with E-state index in [0.717, 1.165) is 25.9 Å². The van der Waals surface area contributed by atoms with E-state index < -0.39 is 0 Å². The largest absolute Gasteiger partial charge is 0.368 e. The minimum absolute atomic E-state index is 0.162. The maximum absolute atomic E-state index is 11.9. The summed E-state index contributed by atoms with van der Waals surface area (Å²) in [6, 6.07) is 0. The number of piperidine rings is 1. The molecule has 1 aliphatic rings. The Morgan fingerprint density at radius 3 is 2.33 bits per heavy atom. The summed E-state index contributed by atoms with van der Waals surface area (Å²) in [5.74, 6) is 0.650. The summed E-state index contributed by atoms with van der Waals surface area (Å²) in [5, 5.41) is 0. The quantitative estimate of drug-likeness (QED) is 0.715. The number of hydrogen-bond donors (Lipinski definition) is 0. The third-order valence-corrected chi connectivity index (χ3v) is 2.70. The van der Waals surface area contributed by atoms with Crippen molar-refractivity contribution in [1.29, 1.82) is 0 Å². The molecule has 1 heterocycles. The minimum Gasteiger partial charge on any atom is -0.368 e. The van der Waals surface area contributed by atoms with Crippen LogP contribution in [0.3, 0.4) is 0 Å². The van der Waals surface area contributed by atoms with Crippen LogP contribution < -0.4 is 0 Å². The van der Waals surface area contributed by atoms with Crippen molar-refractivity contribution in [3.05, 3.63) is 0 Å². The molecule has 0 unspecified atom stereocenters. The van der Waals surface area contributed by atoms with E-state index in [4.69, 9.17) is 4.74 Å². The van der Waals surface area contributed by atoms with Crippen LogP contribution in [0.4, 0.5) is 0 Å². The molecule has 1 saturated heterocycles. The number of carbonyl (C=O) groups excluding carboxylic acids is 1. The molecule has 88 valence electrons. The first kappa shape index (κ1) is 12.5. The zero-order valence-electron chi connectivity index (χ0n) is 10.2. The van der Waals surface area contributed by atoms with Gasteiger partial charge < -0.3 is 9.64 Å². The maximum atomic E-state index is 11.9. The molecule has 3 heteroatoms. The van der Waals surface area contributed by atoms with Crippen LogP contribution in [-0.2, 0) is 9.53 Å². The maximum Gasteiger partial charge on any atom is 0.251 e. The zero-order valence-corrected chi connectivity index (χ0v) is 10.2. The van der Waals surface area contributed by atoms with Gasteiger partial charge in [-0.25, -0.2) is 0 Å². The van der Waals surface area contributed by atoms with Crippen LogP contribution in [0.25, 0.3) is 0 Å². The number of rotatable bonds is 4. The normalized spacial score (nSPS) is 19.3. The molecule has 1 aliphatic heterocycles. The van der Waals surface area contributed by atoms with Gasteiger partial charge in [0.25, 0.3) is 5.91 Å². The van der Waals surface area contributed by atoms with Crippen LogP contribution in [0.1, 0.15) is 40.0 Å². The lowest BCUT2D eigenvalue weighted by atomic mass is 10.1. The van der Waals surface area contributed by atoms with Gasteiger partial charge in [-0.05, 0) is 32.1 Å². The smallest absolute Gasteiger partial charge is 0.251 e. The van der Waals surface area contributed by atoms with E-state index in [1.54, 1.807) is 0 Å². The van der Waals surface area contributed by atoms with Crippen molar-refractivity contribution in [1.82, 2.24) is 4.90 Å². The van der Waals surface area contributed by atoms with Gasteiger partial charge in [0.15, 0.2) is 0 Å². The van der Waals surface area contributed by atoms with Gasteiger partial charge in [-0.2, -0.15) is 0 Å². The third kappa shape index (κ3) is 4.20. The van der Waals surface area contributed by atoms with Crippen LogP contribution in [0, 0.1) is 5.92 Å². The number of hydrogen-bond acceptors (Lipinski definition) is 2. The average Bonchev–Trinajstić information content (AvgIpc) is 2.26. The lowest BCUT2D eigenvalue weighted by Gasteiger charge is -2.29.